The maximum Gasteiger partial charge on any atom is 0.254 e. The van der Waals surface area contributed by atoms with Crippen LogP contribution in [0.2, 0.25) is 0 Å². The quantitative estimate of drug-likeness (QED) is 0.462. The van der Waals surface area contributed by atoms with Crippen molar-refractivity contribution < 1.29 is 13.2 Å². The van der Waals surface area contributed by atoms with Crippen LogP contribution < -0.4 is 0 Å². The Labute approximate surface area is 196 Å². The first-order valence-electron chi connectivity index (χ1n) is 11.4. The van der Waals surface area contributed by atoms with Gasteiger partial charge in [-0.3, -0.25) is 4.79 Å². The monoisotopic (exact) mass is 465 g/mol. The van der Waals surface area contributed by atoms with E-state index < -0.39 is 9.84 Å². The molecule has 1 aliphatic rings. The predicted octanol–water partition coefficient (Wildman–Crippen LogP) is 4.63. The van der Waals surface area contributed by atoms with E-state index in [4.69, 9.17) is 0 Å². The summed E-state index contributed by atoms with van der Waals surface area (Å²) in [6, 6.07) is 16.9. The molecule has 0 radical (unpaired) electrons. The molecule has 1 saturated carbocycles. The largest absolute Gasteiger partial charge is 0.330 e. The standard InChI is InChI=1S/C26H31N3O3S/c1-19(2)16-29-23(15-27-26(29)33(31,32)18-21-10-5-4-6-11-21)17-28(22-13-14-22)25(30)24-12-8-7-9-20(24)3/h4-12,15,19,22H,13-14,16-18H2,1-3H3. The number of hydrogen-bond acceptors (Lipinski definition) is 4. The van der Waals surface area contributed by atoms with Gasteiger partial charge in [0.25, 0.3) is 5.91 Å². The van der Waals surface area contributed by atoms with Crippen LogP contribution in [-0.4, -0.2) is 34.8 Å². The third kappa shape index (κ3) is 5.36. The number of aryl methyl sites for hydroxylation is 1. The number of amides is 1. The molecule has 0 bridgehead atoms. The van der Waals surface area contributed by atoms with Crippen molar-refractivity contribution in [3.8, 4) is 0 Å². The van der Waals surface area contributed by atoms with Crippen LogP contribution >= 0.6 is 0 Å². The van der Waals surface area contributed by atoms with Gasteiger partial charge in [-0.05, 0) is 42.9 Å². The minimum absolute atomic E-state index is 0.0124. The Hall–Kier alpha value is -2.93. The highest BCUT2D eigenvalue weighted by atomic mass is 32.2. The molecule has 174 valence electrons. The number of aromatic nitrogens is 2. The summed E-state index contributed by atoms with van der Waals surface area (Å²) in [5.41, 5.74) is 3.11. The summed E-state index contributed by atoms with van der Waals surface area (Å²) in [5, 5.41) is 0.0779. The first-order chi connectivity index (χ1) is 15.8. The number of hydrogen-bond donors (Lipinski definition) is 0. The van der Waals surface area contributed by atoms with E-state index in [1.165, 1.54) is 0 Å². The fourth-order valence-corrected chi connectivity index (χ4v) is 5.58. The fraction of sp³-hybridized carbons (Fsp3) is 0.385. The van der Waals surface area contributed by atoms with Gasteiger partial charge in [-0.25, -0.2) is 13.4 Å². The molecule has 33 heavy (non-hydrogen) atoms. The summed E-state index contributed by atoms with van der Waals surface area (Å²) >= 11 is 0. The van der Waals surface area contributed by atoms with Crippen molar-refractivity contribution in [1.82, 2.24) is 14.5 Å². The average molecular weight is 466 g/mol. The Balaban J connectivity index is 1.66. The van der Waals surface area contributed by atoms with Gasteiger partial charge in [0.15, 0.2) is 0 Å². The predicted molar refractivity (Wildman–Crippen MR) is 128 cm³/mol. The van der Waals surface area contributed by atoms with Gasteiger partial charge in [-0.15, -0.1) is 0 Å². The summed E-state index contributed by atoms with van der Waals surface area (Å²) in [4.78, 5) is 19.6. The lowest BCUT2D eigenvalue weighted by Gasteiger charge is -2.24. The molecule has 0 saturated heterocycles. The molecular weight excluding hydrogens is 434 g/mol. The van der Waals surface area contributed by atoms with Crippen molar-refractivity contribution in [2.75, 3.05) is 0 Å². The topological polar surface area (TPSA) is 72.3 Å². The van der Waals surface area contributed by atoms with E-state index in [1.807, 2.05) is 66.4 Å². The third-order valence-corrected chi connectivity index (χ3v) is 7.48. The van der Waals surface area contributed by atoms with E-state index >= 15 is 0 Å². The summed E-state index contributed by atoms with van der Waals surface area (Å²) < 4.78 is 28.4. The Bertz CT molecular complexity index is 1230. The minimum atomic E-state index is -3.64. The van der Waals surface area contributed by atoms with Crippen molar-refractivity contribution in [1.29, 1.82) is 0 Å². The molecule has 0 N–H and O–H groups in total. The highest BCUT2D eigenvalue weighted by Crippen LogP contribution is 2.31. The van der Waals surface area contributed by atoms with Gasteiger partial charge in [-0.1, -0.05) is 62.4 Å². The molecule has 1 fully saturated rings. The van der Waals surface area contributed by atoms with E-state index in [0.29, 0.717) is 18.7 Å². The van der Waals surface area contributed by atoms with Crippen molar-refractivity contribution in [3.05, 3.63) is 83.2 Å². The maximum atomic E-state index is 13.4. The highest BCUT2D eigenvalue weighted by Gasteiger charge is 2.35. The van der Waals surface area contributed by atoms with Crippen molar-refractivity contribution >= 4 is 15.7 Å². The Kier molecular flexibility index (Phi) is 6.70. The molecule has 2 aromatic carbocycles. The number of benzene rings is 2. The fourth-order valence-electron chi connectivity index (χ4n) is 4.08. The number of sulfone groups is 1. The number of imidazole rings is 1. The zero-order chi connectivity index (χ0) is 23.6. The molecular formula is C26H31N3O3S. The van der Waals surface area contributed by atoms with E-state index in [-0.39, 0.29) is 28.8 Å². The van der Waals surface area contributed by atoms with Crippen LogP contribution in [0.4, 0.5) is 0 Å². The molecule has 0 atom stereocenters. The Morgan fingerprint density at radius 3 is 2.39 bits per heavy atom. The zero-order valence-electron chi connectivity index (χ0n) is 19.4. The van der Waals surface area contributed by atoms with Crippen LogP contribution in [0.1, 0.15) is 53.9 Å². The molecule has 4 rings (SSSR count). The number of nitrogens with zero attached hydrogens (tertiary/aromatic N) is 3. The van der Waals surface area contributed by atoms with Gasteiger partial charge in [0.05, 0.1) is 24.2 Å². The lowest BCUT2D eigenvalue weighted by Crippen LogP contribution is -2.34. The van der Waals surface area contributed by atoms with E-state index in [9.17, 15) is 13.2 Å². The van der Waals surface area contributed by atoms with Gasteiger partial charge < -0.3 is 9.47 Å². The number of carbonyl (C=O) groups excluding carboxylic acids is 1. The smallest absolute Gasteiger partial charge is 0.254 e. The van der Waals surface area contributed by atoms with Gasteiger partial charge in [0, 0.05) is 18.2 Å². The number of rotatable bonds is 9. The minimum Gasteiger partial charge on any atom is -0.330 e. The van der Waals surface area contributed by atoms with Crippen molar-refractivity contribution in [2.24, 2.45) is 5.92 Å². The van der Waals surface area contributed by atoms with Crippen LogP contribution in [0.25, 0.3) is 0 Å². The van der Waals surface area contributed by atoms with Gasteiger partial charge >= 0.3 is 0 Å². The van der Waals surface area contributed by atoms with Gasteiger partial charge in [0.1, 0.15) is 0 Å². The lowest BCUT2D eigenvalue weighted by molar-refractivity contribution is 0.0724. The highest BCUT2D eigenvalue weighted by molar-refractivity contribution is 7.90. The maximum absolute atomic E-state index is 13.4. The molecule has 3 aromatic rings. The van der Waals surface area contributed by atoms with Crippen LogP contribution in [0, 0.1) is 12.8 Å². The SMILES string of the molecule is Cc1ccccc1C(=O)N(Cc1cnc(S(=O)(=O)Cc2ccccc2)n1CC(C)C)C1CC1. The van der Waals surface area contributed by atoms with E-state index in [2.05, 4.69) is 18.8 Å². The van der Waals surface area contributed by atoms with Crippen LogP contribution in [0.5, 0.6) is 0 Å². The van der Waals surface area contributed by atoms with Crippen molar-refractivity contribution in [2.45, 2.75) is 63.7 Å². The van der Waals surface area contributed by atoms with Crippen LogP contribution in [-0.2, 0) is 28.7 Å². The summed E-state index contributed by atoms with van der Waals surface area (Å²) in [5.74, 6) is 0.114. The van der Waals surface area contributed by atoms with Gasteiger partial charge in [0.2, 0.25) is 15.0 Å². The van der Waals surface area contributed by atoms with E-state index in [0.717, 1.165) is 29.7 Å². The van der Waals surface area contributed by atoms with E-state index in [1.54, 1.807) is 10.8 Å². The normalized spacial score (nSPS) is 13.9. The molecule has 1 aliphatic carbocycles. The molecule has 1 heterocycles. The zero-order valence-corrected chi connectivity index (χ0v) is 20.3. The molecule has 0 unspecified atom stereocenters. The second-order valence-electron chi connectivity index (χ2n) is 9.26. The first-order valence-corrected chi connectivity index (χ1v) is 13.1. The van der Waals surface area contributed by atoms with Crippen molar-refractivity contribution in [3.63, 3.8) is 0 Å². The molecule has 7 heteroatoms. The van der Waals surface area contributed by atoms with Gasteiger partial charge in [-0.2, -0.15) is 0 Å². The lowest BCUT2D eigenvalue weighted by atomic mass is 10.1. The molecule has 0 spiro atoms. The molecule has 6 nitrogen and oxygen atoms in total. The second kappa shape index (κ2) is 9.51. The Morgan fingerprint density at radius 1 is 1.09 bits per heavy atom. The molecule has 1 amide bonds. The second-order valence-corrected chi connectivity index (χ2v) is 11.1. The molecule has 1 aromatic heterocycles. The first kappa shape index (κ1) is 23.2. The summed E-state index contributed by atoms with van der Waals surface area (Å²) in [6.45, 7) is 6.91. The number of carbonyl (C=O) groups is 1. The Morgan fingerprint density at radius 2 is 1.76 bits per heavy atom. The summed E-state index contributed by atoms with van der Waals surface area (Å²) in [6.07, 6.45) is 3.56. The molecule has 0 aliphatic heterocycles. The third-order valence-electron chi connectivity index (χ3n) is 5.88. The van der Waals surface area contributed by atoms with Crippen LogP contribution in [0.15, 0.2) is 66.0 Å². The van der Waals surface area contributed by atoms with Crippen LogP contribution in [0.3, 0.4) is 0 Å². The average Bonchev–Trinajstić information content (AvgIpc) is 3.53. The summed E-state index contributed by atoms with van der Waals surface area (Å²) in [7, 11) is -3.64.